The molecule has 0 radical (unpaired) electrons. The molecule has 0 unspecified atom stereocenters. The van der Waals surface area contributed by atoms with E-state index in [-0.39, 0.29) is 0 Å². The van der Waals surface area contributed by atoms with Crippen LogP contribution in [0, 0.1) is 0 Å². The fraction of sp³-hybridized carbons (Fsp3) is 0.333. The van der Waals surface area contributed by atoms with E-state index in [0.29, 0.717) is 5.54 Å². The van der Waals surface area contributed by atoms with Crippen molar-refractivity contribution in [3.05, 3.63) is 53.6 Å². The normalized spacial score (nSPS) is 17.2. The molecule has 0 amide bonds. The lowest BCUT2D eigenvalue weighted by Crippen LogP contribution is -2.46. The summed E-state index contributed by atoms with van der Waals surface area (Å²) in [6.45, 7) is 9.50. The van der Waals surface area contributed by atoms with E-state index >= 15 is 0 Å². The van der Waals surface area contributed by atoms with Gasteiger partial charge in [0.2, 0.25) is 0 Å². The van der Waals surface area contributed by atoms with Crippen LogP contribution in [0.25, 0.3) is 0 Å². The molecule has 84 valence electrons. The molecule has 0 heterocycles. The summed E-state index contributed by atoms with van der Waals surface area (Å²) in [6, 6.07) is 11.0. The Morgan fingerprint density at radius 3 is 1.88 bits per heavy atom. The number of allylic oxidation sites excluding steroid dienone is 4. The van der Waals surface area contributed by atoms with Crippen molar-refractivity contribution in [2.75, 3.05) is 0 Å². The van der Waals surface area contributed by atoms with Crippen LogP contribution in [0.15, 0.2) is 53.6 Å². The quantitative estimate of drug-likeness (QED) is 0.674. The van der Waals surface area contributed by atoms with Crippen LogP contribution in [-0.2, 0) is 0 Å². The first kappa shape index (κ1) is 11.4. The zero-order valence-corrected chi connectivity index (χ0v) is 11.6. The van der Waals surface area contributed by atoms with Gasteiger partial charge in [-0.15, -0.1) is 0 Å². The van der Waals surface area contributed by atoms with Crippen molar-refractivity contribution in [1.29, 1.82) is 0 Å². The zero-order chi connectivity index (χ0) is 11.8. The Labute approximate surface area is 99.7 Å². The zero-order valence-electron chi connectivity index (χ0n) is 10.6. The summed E-state index contributed by atoms with van der Waals surface area (Å²) in [4.78, 5) is 0. The van der Waals surface area contributed by atoms with Gasteiger partial charge in [-0.2, -0.15) is 0 Å². The number of rotatable bonds is 2. The van der Waals surface area contributed by atoms with Crippen molar-refractivity contribution in [2.45, 2.75) is 32.5 Å². The fourth-order valence-corrected chi connectivity index (χ4v) is 6.84. The highest BCUT2D eigenvalue weighted by molar-refractivity contribution is 6.92. The molecule has 1 heteroatoms. The Bertz CT molecular complexity index is 420. The number of benzene rings is 1. The molecule has 0 N–H and O–H groups in total. The van der Waals surface area contributed by atoms with Gasteiger partial charge in [0.1, 0.15) is 0 Å². The van der Waals surface area contributed by atoms with E-state index < -0.39 is 8.07 Å². The lowest BCUT2D eigenvalue weighted by atomic mass is 10.2. The molecule has 2 rings (SSSR count). The third kappa shape index (κ3) is 1.80. The van der Waals surface area contributed by atoms with Gasteiger partial charge in [0.15, 0.2) is 0 Å². The summed E-state index contributed by atoms with van der Waals surface area (Å²) in [5.41, 5.74) is 3.77. The Balaban J connectivity index is 2.40. The number of hydrogen-bond acceptors (Lipinski definition) is 0. The van der Waals surface area contributed by atoms with Crippen LogP contribution in [0.4, 0.5) is 0 Å². The van der Waals surface area contributed by atoms with Crippen molar-refractivity contribution in [3.63, 3.8) is 0 Å². The molecule has 0 aromatic heterocycles. The fourth-order valence-electron chi connectivity index (χ4n) is 2.99. The summed E-state index contributed by atoms with van der Waals surface area (Å²) in [6.07, 6.45) is 4.58. The molecule has 0 bridgehead atoms. The molecule has 0 fully saturated rings. The van der Waals surface area contributed by atoms with Crippen molar-refractivity contribution in [1.82, 2.24) is 0 Å². The summed E-state index contributed by atoms with van der Waals surface area (Å²) < 4.78 is 0. The average Bonchev–Trinajstić information content (AvgIpc) is 2.60. The highest BCUT2D eigenvalue weighted by atomic mass is 28.3. The maximum atomic E-state index is 2.48. The molecule has 0 spiro atoms. The Morgan fingerprint density at radius 1 is 0.875 bits per heavy atom. The minimum Gasteiger partial charge on any atom is -0.0685 e. The molecule has 0 saturated carbocycles. The molecular weight excluding hydrogens is 208 g/mol. The van der Waals surface area contributed by atoms with Gasteiger partial charge in [-0.1, -0.05) is 71.9 Å². The standard InChI is InChI=1S/C15H20Si/c1-12-10-11-13(2)15(12)16(3,4)14-8-6-5-7-9-14/h5-11,15H,1-4H3. The second-order valence-corrected chi connectivity index (χ2v) is 9.94. The highest BCUT2D eigenvalue weighted by Crippen LogP contribution is 2.39. The maximum absolute atomic E-state index is 2.48. The van der Waals surface area contributed by atoms with Gasteiger partial charge < -0.3 is 0 Å². The second kappa shape index (κ2) is 4.06. The van der Waals surface area contributed by atoms with E-state index in [1.165, 1.54) is 11.1 Å². The van der Waals surface area contributed by atoms with Gasteiger partial charge in [-0.3, -0.25) is 0 Å². The number of hydrogen-bond donors (Lipinski definition) is 0. The van der Waals surface area contributed by atoms with E-state index in [1.54, 1.807) is 5.19 Å². The van der Waals surface area contributed by atoms with E-state index in [2.05, 4.69) is 69.4 Å². The lowest BCUT2D eigenvalue weighted by molar-refractivity contribution is 1.09. The Hall–Kier alpha value is -1.08. The third-order valence-corrected chi connectivity index (χ3v) is 7.93. The average molecular weight is 228 g/mol. The second-order valence-electron chi connectivity index (χ2n) is 5.34. The van der Waals surface area contributed by atoms with E-state index in [9.17, 15) is 0 Å². The van der Waals surface area contributed by atoms with Crippen molar-refractivity contribution < 1.29 is 0 Å². The van der Waals surface area contributed by atoms with E-state index in [1.807, 2.05) is 0 Å². The van der Waals surface area contributed by atoms with Gasteiger partial charge in [0, 0.05) is 5.54 Å². The molecule has 0 nitrogen and oxygen atoms in total. The van der Waals surface area contributed by atoms with Gasteiger partial charge in [-0.25, -0.2) is 0 Å². The van der Waals surface area contributed by atoms with Gasteiger partial charge in [-0.05, 0) is 13.8 Å². The van der Waals surface area contributed by atoms with Crippen LogP contribution in [-0.4, -0.2) is 8.07 Å². The first-order valence-electron chi connectivity index (χ1n) is 5.94. The molecule has 1 aromatic carbocycles. The minimum atomic E-state index is -1.41. The molecule has 1 aliphatic rings. The monoisotopic (exact) mass is 228 g/mol. The Kier molecular flexibility index (Phi) is 2.89. The van der Waals surface area contributed by atoms with Crippen LogP contribution in [0.2, 0.25) is 18.6 Å². The molecule has 0 saturated heterocycles. The molecule has 1 aromatic rings. The van der Waals surface area contributed by atoms with Crippen LogP contribution >= 0.6 is 0 Å². The first-order valence-corrected chi connectivity index (χ1v) is 9.01. The minimum absolute atomic E-state index is 0.690. The summed E-state index contributed by atoms with van der Waals surface area (Å²) in [5.74, 6) is 0. The molecule has 0 aliphatic heterocycles. The smallest absolute Gasteiger partial charge is 0.0685 e. The van der Waals surface area contributed by atoms with Gasteiger partial charge >= 0.3 is 0 Å². The first-order chi connectivity index (χ1) is 7.53. The SMILES string of the molecule is CC1=CC=C(C)C1[Si](C)(C)c1ccccc1. The summed E-state index contributed by atoms with van der Waals surface area (Å²) >= 11 is 0. The van der Waals surface area contributed by atoms with E-state index in [4.69, 9.17) is 0 Å². The molecule has 1 aliphatic carbocycles. The predicted molar refractivity (Wildman–Crippen MR) is 74.8 cm³/mol. The lowest BCUT2D eigenvalue weighted by Gasteiger charge is -2.32. The van der Waals surface area contributed by atoms with Crippen LogP contribution in [0.5, 0.6) is 0 Å². The largest absolute Gasteiger partial charge is 0.0918 e. The van der Waals surface area contributed by atoms with Gasteiger partial charge in [0.25, 0.3) is 0 Å². The molecule has 0 atom stereocenters. The highest BCUT2D eigenvalue weighted by Gasteiger charge is 2.36. The third-order valence-electron chi connectivity index (χ3n) is 3.76. The van der Waals surface area contributed by atoms with Gasteiger partial charge in [0.05, 0.1) is 8.07 Å². The van der Waals surface area contributed by atoms with Crippen LogP contribution in [0.3, 0.4) is 0 Å². The molecular formula is C15H20Si. The van der Waals surface area contributed by atoms with Crippen molar-refractivity contribution >= 4 is 13.3 Å². The van der Waals surface area contributed by atoms with Crippen molar-refractivity contribution in [3.8, 4) is 0 Å². The summed E-state index contributed by atoms with van der Waals surface area (Å²) in [7, 11) is -1.41. The van der Waals surface area contributed by atoms with Crippen LogP contribution < -0.4 is 5.19 Å². The van der Waals surface area contributed by atoms with E-state index in [0.717, 1.165) is 0 Å². The van der Waals surface area contributed by atoms with Crippen LogP contribution in [0.1, 0.15) is 13.8 Å². The Morgan fingerprint density at radius 2 is 1.38 bits per heavy atom. The molecule has 16 heavy (non-hydrogen) atoms. The summed E-state index contributed by atoms with van der Waals surface area (Å²) in [5, 5.41) is 1.56. The van der Waals surface area contributed by atoms with Crippen molar-refractivity contribution in [2.24, 2.45) is 0 Å². The predicted octanol–water partition coefficient (Wildman–Crippen LogP) is 3.88. The topological polar surface area (TPSA) is 0 Å². The maximum Gasteiger partial charge on any atom is 0.0918 e.